The van der Waals surface area contributed by atoms with E-state index >= 15 is 0 Å². The molecule has 43 heavy (non-hydrogen) atoms. The molecule has 0 aliphatic heterocycles. The maximum Gasteiger partial charge on any atom is 0.195 e. The van der Waals surface area contributed by atoms with Crippen molar-refractivity contribution in [1.29, 1.82) is 0 Å². The number of ketones is 2. The molecule has 0 unspecified atom stereocenters. The van der Waals surface area contributed by atoms with Gasteiger partial charge in [0.15, 0.2) is 11.6 Å². The predicted octanol–water partition coefficient (Wildman–Crippen LogP) is 9.82. The molecular formula is C40H35NO2. The van der Waals surface area contributed by atoms with Crippen molar-refractivity contribution in [3.05, 3.63) is 137 Å². The Labute approximate surface area is 252 Å². The van der Waals surface area contributed by atoms with Gasteiger partial charge in [-0.3, -0.25) is 9.59 Å². The lowest BCUT2D eigenvalue weighted by Gasteiger charge is -2.20. The van der Waals surface area contributed by atoms with Crippen LogP contribution in [0.1, 0.15) is 84.5 Å². The summed E-state index contributed by atoms with van der Waals surface area (Å²) < 4.78 is 2.33. The number of nitrogens with zero attached hydrogens (tertiary/aromatic N) is 1. The van der Waals surface area contributed by atoms with Crippen molar-refractivity contribution in [2.45, 2.75) is 52.4 Å². The van der Waals surface area contributed by atoms with Crippen molar-refractivity contribution in [3.63, 3.8) is 0 Å². The quantitative estimate of drug-likeness (QED) is 0.211. The van der Waals surface area contributed by atoms with Crippen molar-refractivity contribution in [1.82, 2.24) is 4.57 Å². The van der Waals surface area contributed by atoms with Gasteiger partial charge in [0.1, 0.15) is 0 Å². The van der Waals surface area contributed by atoms with Gasteiger partial charge in [0.05, 0.1) is 11.0 Å². The average Bonchev–Trinajstić information content (AvgIpc) is 3.32. The second kappa shape index (κ2) is 9.37. The Morgan fingerprint density at radius 3 is 1.51 bits per heavy atom. The van der Waals surface area contributed by atoms with Crippen LogP contribution in [0.5, 0.6) is 0 Å². The fraction of sp³-hybridized carbons (Fsp3) is 0.200. The van der Waals surface area contributed by atoms with Gasteiger partial charge in [0.2, 0.25) is 0 Å². The van der Waals surface area contributed by atoms with E-state index < -0.39 is 0 Å². The monoisotopic (exact) mass is 561 g/mol. The third-order valence-electron chi connectivity index (χ3n) is 8.89. The number of carbonyl (C=O) groups excluding carboxylic acids is 2. The fourth-order valence-electron chi connectivity index (χ4n) is 6.41. The van der Waals surface area contributed by atoms with Crippen LogP contribution in [-0.2, 0) is 10.8 Å². The van der Waals surface area contributed by atoms with E-state index in [9.17, 15) is 9.59 Å². The van der Waals surface area contributed by atoms with Gasteiger partial charge in [-0.15, -0.1) is 0 Å². The molecule has 0 spiro atoms. The summed E-state index contributed by atoms with van der Waals surface area (Å²) in [7, 11) is 0. The van der Waals surface area contributed by atoms with E-state index in [1.807, 2.05) is 18.2 Å². The van der Waals surface area contributed by atoms with Gasteiger partial charge < -0.3 is 4.57 Å². The molecule has 0 radical (unpaired) electrons. The molecular weight excluding hydrogens is 526 g/mol. The summed E-state index contributed by atoms with van der Waals surface area (Å²) in [6.45, 7) is 13.5. The molecule has 1 aliphatic rings. The van der Waals surface area contributed by atoms with Gasteiger partial charge in [0.25, 0.3) is 0 Å². The highest BCUT2D eigenvalue weighted by Gasteiger charge is 2.31. The summed E-state index contributed by atoms with van der Waals surface area (Å²) >= 11 is 0. The Balaban J connectivity index is 1.39. The predicted molar refractivity (Wildman–Crippen MR) is 177 cm³/mol. The van der Waals surface area contributed by atoms with Gasteiger partial charge in [-0.2, -0.15) is 0 Å². The Morgan fingerprint density at radius 1 is 0.488 bits per heavy atom. The number of hydrogen-bond acceptors (Lipinski definition) is 2. The lowest BCUT2D eigenvalue weighted by molar-refractivity contribution is 0.0979. The second-order valence-corrected chi connectivity index (χ2v) is 13.8. The average molecular weight is 562 g/mol. The van der Waals surface area contributed by atoms with Gasteiger partial charge in [-0.05, 0) is 69.5 Å². The second-order valence-electron chi connectivity index (χ2n) is 13.8. The van der Waals surface area contributed by atoms with Crippen molar-refractivity contribution in [3.8, 4) is 16.8 Å². The zero-order chi connectivity index (χ0) is 30.3. The zero-order valence-electron chi connectivity index (χ0n) is 25.6. The fourth-order valence-corrected chi connectivity index (χ4v) is 6.41. The highest BCUT2D eigenvalue weighted by Crippen LogP contribution is 2.39. The molecule has 0 fully saturated rings. The summed E-state index contributed by atoms with van der Waals surface area (Å²) in [6.07, 6.45) is 0. The van der Waals surface area contributed by atoms with Crippen LogP contribution < -0.4 is 0 Å². The molecule has 3 nitrogen and oxygen atoms in total. The molecule has 0 atom stereocenters. The highest BCUT2D eigenvalue weighted by atomic mass is 16.1. The largest absolute Gasteiger partial charge is 0.309 e. The smallest absolute Gasteiger partial charge is 0.195 e. The highest BCUT2D eigenvalue weighted by molar-refractivity contribution is 6.30. The van der Waals surface area contributed by atoms with Gasteiger partial charge >= 0.3 is 0 Å². The van der Waals surface area contributed by atoms with Crippen LogP contribution in [0.2, 0.25) is 0 Å². The molecule has 7 rings (SSSR count). The Morgan fingerprint density at radius 2 is 0.977 bits per heavy atom. The molecule has 3 heteroatoms. The number of aromatic nitrogens is 1. The molecule has 0 bridgehead atoms. The minimum absolute atomic E-state index is 0.0417. The van der Waals surface area contributed by atoms with E-state index in [0.717, 1.165) is 27.8 Å². The molecule has 0 amide bonds. The SMILES string of the molecule is CC(C)(C)c1ccc2c(c1)c1cc(C(C)(C)C)ccc1n2-c1ccc(-c2cccc3c2C(=O)c2ccccc2C3=O)cc1. The normalized spacial score (nSPS) is 13.4. The molecule has 0 saturated carbocycles. The minimum atomic E-state index is -0.100. The number of fused-ring (bicyclic) bond motifs is 5. The van der Waals surface area contributed by atoms with E-state index in [1.54, 1.807) is 24.3 Å². The molecule has 0 saturated heterocycles. The topological polar surface area (TPSA) is 39.1 Å². The standard InChI is InChI=1S/C40H35NO2/c1-39(2,3)25-16-20-34-32(22-25)33-23-26(40(4,5)6)17-21-35(33)41(34)27-18-14-24(15-19-27)28-12-9-13-31-36(28)38(43)30-11-8-7-10-29(30)37(31)42/h7-23H,1-6H3. The van der Waals surface area contributed by atoms with Crippen LogP contribution in [0.25, 0.3) is 38.6 Å². The first-order chi connectivity index (χ1) is 20.4. The number of carbonyl (C=O) groups is 2. The van der Waals surface area contributed by atoms with Gasteiger partial charge in [0, 0.05) is 38.7 Å². The van der Waals surface area contributed by atoms with E-state index in [2.05, 4.69) is 107 Å². The Kier molecular flexibility index (Phi) is 5.91. The lowest BCUT2D eigenvalue weighted by Crippen LogP contribution is -2.21. The molecule has 212 valence electrons. The van der Waals surface area contributed by atoms with Crippen LogP contribution in [0, 0.1) is 0 Å². The third-order valence-corrected chi connectivity index (χ3v) is 8.89. The van der Waals surface area contributed by atoms with E-state index in [-0.39, 0.29) is 22.4 Å². The van der Waals surface area contributed by atoms with Crippen LogP contribution >= 0.6 is 0 Å². The van der Waals surface area contributed by atoms with E-state index in [1.165, 1.54) is 21.9 Å². The van der Waals surface area contributed by atoms with Crippen LogP contribution in [0.4, 0.5) is 0 Å². The maximum absolute atomic E-state index is 13.6. The molecule has 5 aromatic carbocycles. The summed E-state index contributed by atoms with van der Waals surface area (Å²) in [5.74, 6) is -0.199. The van der Waals surface area contributed by atoms with Crippen molar-refractivity contribution in [2.75, 3.05) is 0 Å². The first-order valence-corrected chi connectivity index (χ1v) is 14.9. The van der Waals surface area contributed by atoms with Gasteiger partial charge in [-0.25, -0.2) is 0 Å². The summed E-state index contributed by atoms with van der Waals surface area (Å²) in [5.41, 5.74) is 9.67. The lowest BCUT2D eigenvalue weighted by atomic mass is 9.80. The van der Waals surface area contributed by atoms with E-state index in [4.69, 9.17) is 0 Å². The summed E-state index contributed by atoms with van der Waals surface area (Å²) in [4.78, 5) is 26.9. The Hall–Kier alpha value is -4.76. The minimum Gasteiger partial charge on any atom is -0.309 e. The third kappa shape index (κ3) is 4.26. The maximum atomic E-state index is 13.6. The first kappa shape index (κ1) is 27.1. The van der Waals surface area contributed by atoms with Crippen LogP contribution in [0.15, 0.2) is 103 Å². The first-order valence-electron chi connectivity index (χ1n) is 14.9. The van der Waals surface area contributed by atoms with E-state index in [0.29, 0.717) is 22.3 Å². The molecule has 0 N–H and O–H groups in total. The molecule has 1 aliphatic carbocycles. The van der Waals surface area contributed by atoms with Crippen molar-refractivity contribution < 1.29 is 9.59 Å². The number of rotatable bonds is 2. The summed E-state index contributed by atoms with van der Waals surface area (Å²) in [5, 5.41) is 2.50. The number of benzene rings is 5. The van der Waals surface area contributed by atoms with Crippen LogP contribution in [0.3, 0.4) is 0 Å². The van der Waals surface area contributed by atoms with Crippen molar-refractivity contribution in [2.24, 2.45) is 0 Å². The number of hydrogen-bond donors (Lipinski definition) is 0. The van der Waals surface area contributed by atoms with Crippen LogP contribution in [-0.4, -0.2) is 16.1 Å². The Bertz CT molecular complexity index is 2040. The molecule has 1 heterocycles. The van der Waals surface area contributed by atoms with Gasteiger partial charge in [-0.1, -0.05) is 108 Å². The summed E-state index contributed by atoms with van der Waals surface area (Å²) in [6, 6.07) is 34.7. The molecule has 6 aromatic rings. The van der Waals surface area contributed by atoms with Crippen molar-refractivity contribution >= 4 is 33.4 Å². The molecule has 1 aromatic heterocycles. The zero-order valence-corrected chi connectivity index (χ0v) is 25.6.